The molecule has 0 saturated heterocycles. The van der Waals surface area contributed by atoms with Gasteiger partial charge in [-0.2, -0.15) is 0 Å². The van der Waals surface area contributed by atoms with E-state index in [9.17, 15) is 4.79 Å². The largest absolute Gasteiger partial charge is 0.496 e. The minimum Gasteiger partial charge on any atom is -0.496 e. The van der Waals surface area contributed by atoms with Crippen molar-refractivity contribution in [1.82, 2.24) is 0 Å². The maximum atomic E-state index is 10.8. The Morgan fingerprint density at radius 3 is 2.88 bits per heavy atom. The third-order valence-corrected chi connectivity index (χ3v) is 3.36. The number of hydrogen-bond donors (Lipinski definition) is 0. The van der Waals surface area contributed by atoms with E-state index in [4.69, 9.17) is 4.74 Å². The highest BCUT2D eigenvalue weighted by molar-refractivity contribution is 5.67. The van der Waals surface area contributed by atoms with Crippen molar-refractivity contribution in [2.45, 2.75) is 38.8 Å². The summed E-state index contributed by atoms with van der Waals surface area (Å²) >= 11 is 0. The summed E-state index contributed by atoms with van der Waals surface area (Å²) in [6.07, 6.45) is 2.49. The Morgan fingerprint density at radius 2 is 2.29 bits per heavy atom. The average Bonchev–Trinajstić information content (AvgIpc) is 2.67. The van der Waals surface area contributed by atoms with Crippen LogP contribution >= 0.6 is 0 Å². The van der Waals surface area contributed by atoms with E-state index in [1.807, 2.05) is 12.1 Å². The van der Waals surface area contributed by atoms with E-state index < -0.39 is 0 Å². The molecule has 17 heavy (non-hydrogen) atoms. The number of fused-ring (bicyclic) bond motifs is 1. The quantitative estimate of drug-likeness (QED) is 0.748. The van der Waals surface area contributed by atoms with E-state index in [0.29, 0.717) is 12.5 Å². The van der Waals surface area contributed by atoms with Crippen molar-refractivity contribution in [3.05, 3.63) is 23.8 Å². The Balaban J connectivity index is 2.41. The topological polar surface area (TPSA) is 29.5 Å². The van der Waals surface area contributed by atoms with Crippen molar-refractivity contribution >= 4 is 12.0 Å². The predicted molar refractivity (Wildman–Crippen MR) is 68.8 cm³/mol. The molecule has 92 valence electrons. The summed E-state index contributed by atoms with van der Waals surface area (Å²) < 4.78 is 5.40. The highest BCUT2D eigenvalue weighted by Gasteiger charge is 2.32. The van der Waals surface area contributed by atoms with Gasteiger partial charge in [-0.05, 0) is 32.4 Å². The van der Waals surface area contributed by atoms with E-state index in [2.05, 4.69) is 24.8 Å². The van der Waals surface area contributed by atoms with Gasteiger partial charge < -0.3 is 14.4 Å². The summed E-state index contributed by atoms with van der Waals surface area (Å²) in [7, 11) is 1.70. The van der Waals surface area contributed by atoms with E-state index in [-0.39, 0.29) is 6.04 Å². The molecular weight excluding hydrogens is 214 g/mol. The first-order valence-corrected chi connectivity index (χ1v) is 6.07. The second-order valence-corrected chi connectivity index (χ2v) is 4.72. The van der Waals surface area contributed by atoms with Gasteiger partial charge in [0.25, 0.3) is 0 Å². The molecule has 2 rings (SSSR count). The zero-order valence-electron chi connectivity index (χ0n) is 10.6. The van der Waals surface area contributed by atoms with E-state index in [1.54, 1.807) is 7.11 Å². The number of nitrogens with zero attached hydrogens (tertiary/aromatic N) is 1. The molecule has 0 bridgehead atoms. The summed E-state index contributed by atoms with van der Waals surface area (Å²) in [4.78, 5) is 13.1. The maximum Gasteiger partial charge on any atom is 0.124 e. The number of carbonyl (C=O) groups excluding carboxylic acids is 1. The van der Waals surface area contributed by atoms with Crippen LogP contribution in [0.3, 0.4) is 0 Å². The van der Waals surface area contributed by atoms with Gasteiger partial charge in [-0.15, -0.1) is 0 Å². The first-order valence-electron chi connectivity index (χ1n) is 6.07. The van der Waals surface area contributed by atoms with Crippen molar-refractivity contribution in [2.75, 3.05) is 12.0 Å². The zero-order chi connectivity index (χ0) is 12.4. The van der Waals surface area contributed by atoms with Gasteiger partial charge in [0.05, 0.1) is 7.11 Å². The van der Waals surface area contributed by atoms with E-state index >= 15 is 0 Å². The molecule has 1 aromatic carbocycles. The molecule has 1 aliphatic rings. The van der Waals surface area contributed by atoms with Crippen molar-refractivity contribution < 1.29 is 9.53 Å². The molecule has 3 heteroatoms. The Kier molecular flexibility index (Phi) is 3.36. The van der Waals surface area contributed by atoms with Crippen LogP contribution in [-0.4, -0.2) is 25.5 Å². The molecule has 0 N–H and O–H groups in total. The van der Waals surface area contributed by atoms with Gasteiger partial charge in [-0.3, -0.25) is 0 Å². The van der Waals surface area contributed by atoms with Crippen LogP contribution in [0.2, 0.25) is 0 Å². The maximum absolute atomic E-state index is 10.8. The van der Waals surface area contributed by atoms with Crippen LogP contribution < -0.4 is 9.64 Å². The third kappa shape index (κ3) is 2.02. The van der Waals surface area contributed by atoms with Gasteiger partial charge in [-0.1, -0.05) is 6.07 Å². The van der Waals surface area contributed by atoms with Crippen molar-refractivity contribution in [3.63, 3.8) is 0 Å². The minimum absolute atomic E-state index is 0.277. The van der Waals surface area contributed by atoms with Gasteiger partial charge in [0.15, 0.2) is 0 Å². The summed E-state index contributed by atoms with van der Waals surface area (Å²) in [6.45, 7) is 4.32. The van der Waals surface area contributed by atoms with Crippen LogP contribution in [0.4, 0.5) is 5.69 Å². The van der Waals surface area contributed by atoms with Crippen LogP contribution in [0, 0.1) is 0 Å². The molecule has 0 aliphatic carbocycles. The fourth-order valence-electron chi connectivity index (χ4n) is 2.73. The Hall–Kier alpha value is -1.51. The van der Waals surface area contributed by atoms with Crippen molar-refractivity contribution in [3.8, 4) is 5.75 Å². The second-order valence-electron chi connectivity index (χ2n) is 4.72. The molecule has 1 atom stereocenters. The third-order valence-electron chi connectivity index (χ3n) is 3.36. The number of methoxy groups -OCH3 is 1. The second kappa shape index (κ2) is 4.78. The zero-order valence-corrected chi connectivity index (χ0v) is 10.6. The Morgan fingerprint density at radius 1 is 1.53 bits per heavy atom. The molecule has 1 aromatic rings. The molecule has 0 fully saturated rings. The van der Waals surface area contributed by atoms with Gasteiger partial charge in [0.1, 0.15) is 12.0 Å². The van der Waals surface area contributed by atoms with Gasteiger partial charge in [-0.25, -0.2) is 0 Å². The fraction of sp³-hybridized carbons (Fsp3) is 0.500. The van der Waals surface area contributed by atoms with Crippen LogP contribution in [-0.2, 0) is 11.2 Å². The molecule has 3 nitrogen and oxygen atoms in total. The number of aldehydes is 1. The fourth-order valence-corrected chi connectivity index (χ4v) is 2.73. The highest BCUT2D eigenvalue weighted by atomic mass is 16.5. The summed E-state index contributed by atoms with van der Waals surface area (Å²) in [6, 6.07) is 6.78. The number of ether oxygens (including phenoxy) is 1. The van der Waals surface area contributed by atoms with E-state index in [1.165, 1.54) is 11.3 Å². The first-order chi connectivity index (χ1) is 8.19. The summed E-state index contributed by atoms with van der Waals surface area (Å²) in [5.74, 6) is 0.932. The van der Waals surface area contributed by atoms with Crippen LogP contribution in [0.25, 0.3) is 0 Å². The minimum atomic E-state index is 0.277. The standard InChI is InChI=1S/C14H19NO2/c1-10(2)15-11(7-8-16)9-12-13(15)5-4-6-14(12)17-3/h4-6,8,10-11H,7,9H2,1-3H3. The molecule has 0 amide bonds. The average molecular weight is 233 g/mol. The van der Waals surface area contributed by atoms with Crippen LogP contribution in [0.15, 0.2) is 18.2 Å². The number of anilines is 1. The van der Waals surface area contributed by atoms with Crippen LogP contribution in [0.5, 0.6) is 5.75 Å². The lowest BCUT2D eigenvalue weighted by molar-refractivity contribution is -0.108. The van der Waals surface area contributed by atoms with Crippen molar-refractivity contribution in [1.29, 1.82) is 0 Å². The molecule has 1 aliphatic heterocycles. The summed E-state index contributed by atoms with van der Waals surface area (Å²) in [5.41, 5.74) is 2.45. The number of hydrogen-bond acceptors (Lipinski definition) is 3. The number of carbonyl (C=O) groups is 1. The smallest absolute Gasteiger partial charge is 0.124 e. The number of rotatable bonds is 4. The lowest BCUT2D eigenvalue weighted by Gasteiger charge is -2.30. The van der Waals surface area contributed by atoms with E-state index in [0.717, 1.165) is 18.5 Å². The molecular formula is C14H19NO2. The van der Waals surface area contributed by atoms with Gasteiger partial charge in [0, 0.05) is 29.8 Å². The van der Waals surface area contributed by atoms with Crippen LogP contribution in [0.1, 0.15) is 25.8 Å². The normalized spacial score (nSPS) is 18.4. The Labute approximate surface area is 102 Å². The lowest BCUT2D eigenvalue weighted by atomic mass is 10.1. The predicted octanol–water partition coefficient (Wildman–Crippen LogP) is 2.42. The molecule has 0 saturated carbocycles. The molecule has 0 radical (unpaired) electrons. The van der Waals surface area contributed by atoms with Gasteiger partial charge >= 0.3 is 0 Å². The molecule has 1 heterocycles. The number of benzene rings is 1. The van der Waals surface area contributed by atoms with Gasteiger partial charge in [0.2, 0.25) is 0 Å². The molecule has 0 aromatic heterocycles. The first kappa shape index (κ1) is 12.0. The highest BCUT2D eigenvalue weighted by Crippen LogP contribution is 2.39. The van der Waals surface area contributed by atoms with Crippen molar-refractivity contribution in [2.24, 2.45) is 0 Å². The molecule has 1 unspecified atom stereocenters. The summed E-state index contributed by atoms with van der Waals surface area (Å²) in [5, 5.41) is 0. The monoisotopic (exact) mass is 233 g/mol. The SMILES string of the molecule is COc1cccc2c1CC(CC=O)N2C(C)C. The molecule has 0 spiro atoms. The lowest BCUT2D eigenvalue weighted by Crippen LogP contribution is -2.37. The Bertz CT molecular complexity index is 415.